The largest absolute Gasteiger partial charge is 0.391 e. The predicted molar refractivity (Wildman–Crippen MR) is 127 cm³/mol. The Kier molecular flexibility index (Phi) is 5.21. The first-order chi connectivity index (χ1) is 15.0. The van der Waals surface area contributed by atoms with Crippen molar-refractivity contribution >= 4 is 49.6 Å². The van der Waals surface area contributed by atoms with Crippen LogP contribution in [0.15, 0.2) is 36.7 Å². The van der Waals surface area contributed by atoms with E-state index in [1.54, 1.807) is 29.0 Å². The van der Waals surface area contributed by atoms with Gasteiger partial charge in [0.25, 0.3) is 0 Å². The quantitative estimate of drug-likeness (QED) is 0.304. The van der Waals surface area contributed by atoms with Crippen molar-refractivity contribution in [3.8, 4) is 9.75 Å². The molecule has 0 saturated carbocycles. The number of aryl methyl sites for hydroxylation is 2. The zero-order valence-electron chi connectivity index (χ0n) is 17.1. The van der Waals surface area contributed by atoms with E-state index in [-0.39, 0.29) is 12.4 Å². The number of fused-ring (bicyclic) bond motifs is 2. The number of halogens is 1. The lowest BCUT2D eigenvalue weighted by Gasteiger charge is -2.07. The third-order valence-corrected chi connectivity index (χ3v) is 7.87. The second kappa shape index (κ2) is 8.03. The van der Waals surface area contributed by atoms with Crippen LogP contribution in [0.4, 0.5) is 10.2 Å². The summed E-state index contributed by atoms with van der Waals surface area (Å²) in [6.07, 6.45) is 2.33. The molecule has 0 aliphatic heterocycles. The third-order valence-electron chi connectivity index (χ3n) is 5.47. The molecule has 1 aromatic carbocycles. The molecule has 0 unspecified atom stereocenters. The second-order valence-corrected chi connectivity index (χ2v) is 9.71. The first kappa shape index (κ1) is 20.1. The van der Waals surface area contributed by atoms with Crippen LogP contribution >= 0.6 is 22.7 Å². The molecule has 0 bridgehead atoms. The normalized spacial score (nSPS) is 11.6. The molecule has 0 saturated heterocycles. The summed E-state index contributed by atoms with van der Waals surface area (Å²) < 4.78 is 15.2. The minimum atomic E-state index is -0.218. The van der Waals surface area contributed by atoms with Crippen LogP contribution in [0.1, 0.15) is 21.7 Å². The van der Waals surface area contributed by atoms with E-state index in [1.807, 2.05) is 32.0 Å². The van der Waals surface area contributed by atoms with Crippen LogP contribution in [0.2, 0.25) is 0 Å². The Morgan fingerprint density at radius 2 is 1.97 bits per heavy atom. The number of anilines is 1. The van der Waals surface area contributed by atoms with Gasteiger partial charge in [-0.05, 0) is 55.7 Å². The molecule has 0 fully saturated rings. The van der Waals surface area contributed by atoms with Crippen molar-refractivity contribution in [1.82, 2.24) is 15.0 Å². The SMILES string of the molecule is Cc1[nH]c2c(F)ccc(C)c2c1CCNc1ncnc2cc(-c3ccc(CO)s3)sc12. The van der Waals surface area contributed by atoms with E-state index < -0.39 is 0 Å². The number of hydrogen-bond acceptors (Lipinski definition) is 6. The third kappa shape index (κ3) is 3.60. The van der Waals surface area contributed by atoms with Gasteiger partial charge < -0.3 is 15.4 Å². The lowest BCUT2D eigenvalue weighted by Crippen LogP contribution is -2.07. The predicted octanol–water partition coefficient (Wildman–Crippen LogP) is 5.80. The van der Waals surface area contributed by atoms with E-state index in [9.17, 15) is 9.50 Å². The second-order valence-electron chi connectivity index (χ2n) is 7.49. The number of rotatable bonds is 6. The Hall–Kier alpha value is -2.81. The van der Waals surface area contributed by atoms with Crippen molar-refractivity contribution < 1.29 is 9.50 Å². The molecule has 0 aliphatic carbocycles. The number of thiophene rings is 2. The van der Waals surface area contributed by atoms with Gasteiger partial charge in [-0.25, -0.2) is 14.4 Å². The van der Waals surface area contributed by atoms with Crippen LogP contribution in [0.5, 0.6) is 0 Å². The van der Waals surface area contributed by atoms with Crippen LogP contribution in [0.25, 0.3) is 30.9 Å². The average molecular weight is 453 g/mol. The Labute approximate surface area is 186 Å². The molecule has 5 nitrogen and oxygen atoms in total. The average Bonchev–Trinajstić information content (AvgIpc) is 3.48. The van der Waals surface area contributed by atoms with Gasteiger partial charge in [0.1, 0.15) is 18.0 Å². The number of aromatic nitrogens is 3. The van der Waals surface area contributed by atoms with E-state index in [0.717, 1.165) is 59.3 Å². The molecule has 0 radical (unpaired) electrons. The Morgan fingerprint density at radius 1 is 1.10 bits per heavy atom. The molecule has 31 heavy (non-hydrogen) atoms. The van der Waals surface area contributed by atoms with Crippen molar-refractivity contribution in [2.45, 2.75) is 26.9 Å². The van der Waals surface area contributed by atoms with Crippen molar-refractivity contribution in [3.05, 3.63) is 64.2 Å². The summed E-state index contributed by atoms with van der Waals surface area (Å²) in [5, 5.41) is 13.8. The first-order valence-electron chi connectivity index (χ1n) is 9.99. The maximum Gasteiger partial charge on any atom is 0.147 e. The number of aliphatic hydroxyl groups is 1. The number of aliphatic hydroxyl groups excluding tert-OH is 1. The zero-order chi connectivity index (χ0) is 21.5. The fraction of sp³-hybridized carbons (Fsp3) is 0.217. The molecule has 5 aromatic rings. The number of aromatic amines is 1. The molecular weight excluding hydrogens is 431 g/mol. The summed E-state index contributed by atoms with van der Waals surface area (Å²) in [6.45, 7) is 4.74. The van der Waals surface area contributed by atoms with Crippen LogP contribution in [-0.2, 0) is 13.0 Å². The van der Waals surface area contributed by atoms with E-state index in [0.29, 0.717) is 12.1 Å². The summed E-state index contributed by atoms with van der Waals surface area (Å²) in [4.78, 5) is 15.2. The Bertz CT molecular complexity index is 1400. The highest BCUT2D eigenvalue weighted by Gasteiger charge is 2.15. The highest BCUT2D eigenvalue weighted by molar-refractivity contribution is 7.26. The molecule has 158 valence electrons. The highest BCUT2D eigenvalue weighted by atomic mass is 32.1. The summed E-state index contributed by atoms with van der Waals surface area (Å²) in [5.74, 6) is 0.588. The van der Waals surface area contributed by atoms with Crippen LogP contribution in [0.3, 0.4) is 0 Å². The van der Waals surface area contributed by atoms with Crippen LogP contribution in [0, 0.1) is 19.7 Å². The lowest BCUT2D eigenvalue weighted by atomic mass is 10.0. The smallest absolute Gasteiger partial charge is 0.147 e. The first-order valence-corrected chi connectivity index (χ1v) is 11.6. The van der Waals surface area contributed by atoms with Crippen LogP contribution in [-0.4, -0.2) is 26.6 Å². The minimum absolute atomic E-state index is 0.0544. The van der Waals surface area contributed by atoms with Gasteiger partial charge in [0.15, 0.2) is 0 Å². The molecule has 0 aliphatic rings. The topological polar surface area (TPSA) is 73.8 Å². The Balaban J connectivity index is 1.40. The number of hydrogen-bond donors (Lipinski definition) is 3. The van der Waals surface area contributed by atoms with E-state index >= 15 is 0 Å². The Morgan fingerprint density at radius 3 is 2.77 bits per heavy atom. The van der Waals surface area contributed by atoms with Gasteiger partial charge >= 0.3 is 0 Å². The zero-order valence-corrected chi connectivity index (χ0v) is 18.8. The van der Waals surface area contributed by atoms with Crippen molar-refractivity contribution in [3.63, 3.8) is 0 Å². The van der Waals surface area contributed by atoms with Gasteiger partial charge in [-0.1, -0.05) is 6.07 Å². The number of benzene rings is 1. The molecule has 4 aromatic heterocycles. The molecule has 8 heteroatoms. The van der Waals surface area contributed by atoms with Gasteiger partial charge in [-0.15, -0.1) is 22.7 Å². The van der Waals surface area contributed by atoms with Crippen molar-refractivity contribution in [2.75, 3.05) is 11.9 Å². The standard InChI is InChI=1S/C23H21FN4OS2/c1-12-3-5-16(24)21-20(12)15(13(2)28-21)7-8-25-23-22-17(26-11-27-23)9-19(31-22)18-6-4-14(10-29)30-18/h3-6,9,11,28-29H,7-8,10H2,1-2H3,(H,25,26,27). The maximum atomic E-state index is 14.2. The summed E-state index contributed by atoms with van der Waals surface area (Å²) in [7, 11) is 0. The fourth-order valence-electron chi connectivity index (χ4n) is 3.96. The summed E-state index contributed by atoms with van der Waals surface area (Å²) in [6, 6.07) is 9.39. The van der Waals surface area contributed by atoms with E-state index in [1.165, 1.54) is 6.07 Å². The fourth-order valence-corrected chi connectivity index (χ4v) is 5.98. The summed E-state index contributed by atoms with van der Waals surface area (Å²) in [5.41, 5.74) is 4.68. The van der Waals surface area contributed by atoms with Gasteiger partial charge in [-0.2, -0.15) is 0 Å². The molecule has 4 heterocycles. The van der Waals surface area contributed by atoms with E-state index in [2.05, 4.69) is 26.3 Å². The van der Waals surface area contributed by atoms with Gasteiger partial charge in [0.2, 0.25) is 0 Å². The number of nitrogens with zero attached hydrogens (tertiary/aromatic N) is 2. The molecular formula is C23H21FN4OS2. The molecule has 0 atom stereocenters. The number of H-pyrrole nitrogens is 1. The van der Waals surface area contributed by atoms with E-state index in [4.69, 9.17) is 0 Å². The van der Waals surface area contributed by atoms with Crippen molar-refractivity contribution in [1.29, 1.82) is 0 Å². The van der Waals surface area contributed by atoms with Gasteiger partial charge in [-0.3, -0.25) is 0 Å². The monoisotopic (exact) mass is 452 g/mol. The number of nitrogens with one attached hydrogen (secondary N) is 2. The minimum Gasteiger partial charge on any atom is -0.391 e. The molecule has 3 N–H and O–H groups in total. The van der Waals surface area contributed by atoms with Crippen molar-refractivity contribution in [2.24, 2.45) is 0 Å². The van der Waals surface area contributed by atoms with Gasteiger partial charge in [0.05, 0.1) is 22.3 Å². The highest BCUT2D eigenvalue weighted by Crippen LogP contribution is 2.38. The molecule has 0 amide bonds. The lowest BCUT2D eigenvalue weighted by molar-refractivity contribution is 0.285. The van der Waals surface area contributed by atoms with Crippen LogP contribution < -0.4 is 5.32 Å². The maximum absolute atomic E-state index is 14.2. The van der Waals surface area contributed by atoms with Gasteiger partial charge in [0, 0.05) is 32.3 Å². The molecule has 5 rings (SSSR count). The summed E-state index contributed by atoms with van der Waals surface area (Å²) >= 11 is 3.23. The molecule has 0 spiro atoms.